The van der Waals surface area contributed by atoms with Crippen molar-refractivity contribution in [3.8, 4) is 6.07 Å². The third-order valence-corrected chi connectivity index (χ3v) is 2.60. The van der Waals surface area contributed by atoms with Crippen LogP contribution in [0.25, 0.3) is 0 Å². The number of nitrogens with zero attached hydrogens (tertiary/aromatic N) is 2. The van der Waals surface area contributed by atoms with Crippen LogP contribution in [0.15, 0.2) is 18.2 Å². The topological polar surface area (TPSA) is 53.3 Å². The molecule has 16 heavy (non-hydrogen) atoms. The van der Waals surface area contributed by atoms with Gasteiger partial charge in [0.1, 0.15) is 0 Å². The van der Waals surface area contributed by atoms with Crippen molar-refractivity contribution in [3.63, 3.8) is 0 Å². The lowest BCUT2D eigenvalue weighted by Crippen LogP contribution is -2.38. The van der Waals surface area contributed by atoms with E-state index in [1.54, 1.807) is 17.0 Å². The number of nitriles is 1. The van der Waals surface area contributed by atoms with Crippen LogP contribution in [0.5, 0.6) is 0 Å². The first-order chi connectivity index (χ1) is 7.72. The van der Waals surface area contributed by atoms with Crippen LogP contribution in [0.4, 0.5) is 10.5 Å². The number of benzene rings is 1. The van der Waals surface area contributed by atoms with Crippen molar-refractivity contribution in [1.82, 2.24) is 0 Å². The molecule has 4 nitrogen and oxygen atoms in total. The summed E-state index contributed by atoms with van der Waals surface area (Å²) in [5.74, 6) is 0. The number of carbonyl (C=O) groups is 1. The number of carbonyl (C=O) groups excluding carboxylic acids is 1. The molecule has 0 atom stereocenters. The monoisotopic (exact) mass is 216 g/mol. The maximum Gasteiger partial charge on any atom is 0.414 e. The molecule has 1 aliphatic heterocycles. The molecule has 0 bridgehead atoms. The molecule has 1 saturated heterocycles. The lowest BCUT2D eigenvalue weighted by molar-refractivity contribution is 0.140. The molecule has 1 aromatic rings. The van der Waals surface area contributed by atoms with Gasteiger partial charge in [0.05, 0.1) is 23.9 Å². The minimum Gasteiger partial charge on any atom is -0.449 e. The van der Waals surface area contributed by atoms with Crippen LogP contribution in [0.3, 0.4) is 0 Å². The van der Waals surface area contributed by atoms with Crippen LogP contribution >= 0.6 is 0 Å². The lowest BCUT2D eigenvalue weighted by atomic mass is 10.1. The molecule has 0 unspecified atom stereocenters. The molecule has 1 aromatic carbocycles. The van der Waals surface area contributed by atoms with E-state index in [-0.39, 0.29) is 6.09 Å². The Morgan fingerprint density at radius 3 is 3.00 bits per heavy atom. The summed E-state index contributed by atoms with van der Waals surface area (Å²) < 4.78 is 4.98. The Labute approximate surface area is 94.0 Å². The zero-order chi connectivity index (χ0) is 11.5. The highest BCUT2D eigenvalue weighted by molar-refractivity contribution is 5.89. The summed E-state index contributed by atoms with van der Waals surface area (Å²) in [6, 6.07) is 7.38. The Hall–Kier alpha value is -2.02. The number of hydrogen-bond acceptors (Lipinski definition) is 3. The Bertz CT molecular complexity index is 463. The van der Waals surface area contributed by atoms with E-state index in [1.165, 1.54) is 0 Å². The second kappa shape index (κ2) is 4.23. The van der Waals surface area contributed by atoms with E-state index in [1.807, 2.05) is 13.0 Å². The maximum absolute atomic E-state index is 11.6. The van der Waals surface area contributed by atoms with Crippen LogP contribution in [0.1, 0.15) is 17.5 Å². The van der Waals surface area contributed by atoms with Crippen molar-refractivity contribution in [1.29, 1.82) is 5.26 Å². The molecule has 0 aliphatic carbocycles. The van der Waals surface area contributed by atoms with Gasteiger partial charge in [0.25, 0.3) is 0 Å². The quantitative estimate of drug-likeness (QED) is 0.723. The predicted octanol–water partition coefficient (Wildman–Crippen LogP) is 2.21. The van der Waals surface area contributed by atoms with Gasteiger partial charge in [-0.2, -0.15) is 5.26 Å². The third-order valence-electron chi connectivity index (χ3n) is 2.60. The first-order valence-electron chi connectivity index (χ1n) is 5.17. The molecule has 0 radical (unpaired) electrons. The Morgan fingerprint density at radius 1 is 1.50 bits per heavy atom. The fourth-order valence-corrected chi connectivity index (χ4v) is 1.74. The first kappa shape index (κ1) is 10.5. The molecule has 0 spiro atoms. The van der Waals surface area contributed by atoms with E-state index in [0.717, 1.165) is 17.7 Å². The number of anilines is 1. The summed E-state index contributed by atoms with van der Waals surface area (Å²) in [5, 5.41) is 8.83. The summed E-state index contributed by atoms with van der Waals surface area (Å²) in [6.07, 6.45) is 0.492. The van der Waals surface area contributed by atoms with Crippen molar-refractivity contribution in [3.05, 3.63) is 29.3 Å². The Kier molecular flexibility index (Phi) is 2.78. The van der Waals surface area contributed by atoms with Crippen molar-refractivity contribution in [2.45, 2.75) is 13.3 Å². The smallest absolute Gasteiger partial charge is 0.414 e. The number of ether oxygens (including phenoxy) is 1. The van der Waals surface area contributed by atoms with Crippen LogP contribution in [-0.4, -0.2) is 19.2 Å². The van der Waals surface area contributed by atoms with Crippen molar-refractivity contribution >= 4 is 11.8 Å². The summed E-state index contributed by atoms with van der Waals surface area (Å²) in [4.78, 5) is 13.2. The molecule has 2 rings (SSSR count). The summed E-state index contributed by atoms with van der Waals surface area (Å²) in [6.45, 7) is 3.04. The van der Waals surface area contributed by atoms with Gasteiger partial charge in [0.15, 0.2) is 0 Å². The summed E-state index contributed by atoms with van der Waals surface area (Å²) in [5.41, 5.74) is 2.29. The number of aryl methyl sites for hydroxylation is 1. The molecule has 0 saturated carbocycles. The van der Waals surface area contributed by atoms with Crippen LogP contribution in [-0.2, 0) is 4.74 Å². The molecule has 0 aromatic heterocycles. The second-order valence-corrected chi connectivity index (χ2v) is 3.73. The SMILES string of the molecule is Cc1ccc(C#N)cc1N1CCCOC1=O. The average Bonchev–Trinajstić information content (AvgIpc) is 2.31. The van der Waals surface area contributed by atoms with Crippen molar-refractivity contribution in [2.24, 2.45) is 0 Å². The van der Waals surface area contributed by atoms with E-state index in [0.29, 0.717) is 18.7 Å². The average molecular weight is 216 g/mol. The fraction of sp³-hybridized carbons (Fsp3) is 0.333. The number of cyclic esters (lactones) is 1. The minimum atomic E-state index is -0.329. The van der Waals surface area contributed by atoms with Gasteiger partial charge in [-0.3, -0.25) is 4.90 Å². The van der Waals surface area contributed by atoms with Gasteiger partial charge in [0, 0.05) is 6.54 Å². The van der Waals surface area contributed by atoms with Gasteiger partial charge in [-0.05, 0) is 31.0 Å². The summed E-state index contributed by atoms with van der Waals surface area (Å²) in [7, 11) is 0. The molecule has 1 heterocycles. The van der Waals surface area contributed by atoms with Crippen LogP contribution < -0.4 is 4.90 Å². The van der Waals surface area contributed by atoms with Crippen molar-refractivity contribution in [2.75, 3.05) is 18.1 Å². The van der Waals surface area contributed by atoms with E-state index < -0.39 is 0 Å². The first-order valence-corrected chi connectivity index (χ1v) is 5.17. The Morgan fingerprint density at radius 2 is 2.31 bits per heavy atom. The predicted molar refractivity (Wildman–Crippen MR) is 59.2 cm³/mol. The van der Waals surface area contributed by atoms with Gasteiger partial charge < -0.3 is 4.74 Å². The largest absolute Gasteiger partial charge is 0.449 e. The van der Waals surface area contributed by atoms with Gasteiger partial charge >= 0.3 is 6.09 Å². The molecular weight excluding hydrogens is 204 g/mol. The number of rotatable bonds is 1. The van der Waals surface area contributed by atoms with Crippen LogP contribution in [0.2, 0.25) is 0 Å². The van der Waals surface area contributed by atoms with E-state index in [9.17, 15) is 4.79 Å². The normalized spacial score (nSPS) is 15.5. The van der Waals surface area contributed by atoms with Gasteiger partial charge in [-0.15, -0.1) is 0 Å². The Balaban J connectivity index is 2.38. The lowest BCUT2D eigenvalue weighted by Gasteiger charge is -2.27. The van der Waals surface area contributed by atoms with E-state index >= 15 is 0 Å². The minimum absolute atomic E-state index is 0.329. The standard InChI is InChI=1S/C12H12N2O2/c1-9-3-4-10(8-13)7-11(9)14-5-2-6-16-12(14)15/h3-4,7H,2,5-6H2,1H3. The highest BCUT2D eigenvalue weighted by Gasteiger charge is 2.22. The third kappa shape index (κ3) is 1.84. The highest BCUT2D eigenvalue weighted by atomic mass is 16.6. The maximum atomic E-state index is 11.6. The zero-order valence-corrected chi connectivity index (χ0v) is 9.06. The van der Waals surface area contributed by atoms with E-state index in [2.05, 4.69) is 6.07 Å². The van der Waals surface area contributed by atoms with Gasteiger partial charge in [0.2, 0.25) is 0 Å². The van der Waals surface area contributed by atoms with Gasteiger partial charge in [-0.25, -0.2) is 4.79 Å². The second-order valence-electron chi connectivity index (χ2n) is 3.73. The van der Waals surface area contributed by atoms with E-state index in [4.69, 9.17) is 10.00 Å². The molecule has 0 N–H and O–H groups in total. The molecule has 4 heteroatoms. The van der Waals surface area contributed by atoms with Crippen molar-refractivity contribution < 1.29 is 9.53 Å². The molecule has 82 valence electrons. The highest BCUT2D eigenvalue weighted by Crippen LogP contribution is 2.24. The van der Waals surface area contributed by atoms with Gasteiger partial charge in [-0.1, -0.05) is 6.07 Å². The number of hydrogen-bond donors (Lipinski definition) is 0. The number of amides is 1. The molecule has 1 aliphatic rings. The summed E-state index contributed by atoms with van der Waals surface area (Å²) >= 11 is 0. The van der Waals surface area contributed by atoms with Crippen LogP contribution in [0, 0.1) is 18.3 Å². The molecule has 1 amide bonds. The molecule has 1 fully saturated rings. The molecular formula is C12H12N2O2. The fourth-order valence-electron chi connectivity index (χ4n) is 1.74. The zero-order valence-electron chi connectivity index (χ0n) is 9.06.